The first kappa shape index (κ1) is 25.7. The molecule has 6 heteroatoms. The van der Waals surface area contributed by atoms with Crippen molar-refractivity contribution in [3.8, 4) is 11.3 Å². The highest BCUT2D eigenvalue weighted by Crippen LogP contribution is 2.38. The molecule has 5 aromatic rings. The summed E-state index contributed by atoms with van der Waals surface area (Å²) in [5, 5.41) is 8.64. The lowest BCUT2D eigenvalue weighted by Crippen LogP contribution is -1.99. The molecule has 0 saturated heterocycles. The van der Waals surface area contributed by atoms with Crippen LogP contribution in [0, 0.1) is 13.8 Å². The van der Waals surface area contributed by atoms with E-state index in [0.717, 1.165) is 37.2 Å². The zero-order chi connectivity index (χ0) is 25.8. The second-order valence-electron chi connectivity index (χ2n) is 8.65. The minimum absolute atomic E-state index is 0.701. The monoisotopic (exact) mass is 558 g/mol. The van der Waals surface area contributed by atoms with Crippen molar-refractivity contribution in [1.82, 2.24) is 9.78 Å². The Balaban J connectivity index is 1.60. The molecule has 0 saturated carbocycles. The molecule has 0 unspecified atom stereocenters. The number of benzene rings is 4. The Morgan fingerprint density at radius 3 is 1.84 bits per heavy atom. The Hall–Kier alpha value is -2.89. The maximum absolute atomic E-state index is 6.21. The van der Waals surface area contributed by atoms with Crippen LogP contribution in [-0.4, -0.2) is 9.78 Å². The average Bonchev–Trinajstić information content (AvgIpc) is 3.31. The van der Waals surface area contributed by atoms with Gasteiger partial charge in [0, 0.05) is 42.6 Å². The van der Waals surface area contributed by atoms with Crippen LogP contribution in [0.15, 0.2) is 123 Å². The maximum Gasteiger partial charge on any atom is 0.107 e. The van der Waals surface area contributed by atoms with Gasteiger partial charge in [-0.05, 0) is 62.4 Å². The number of aryl methyl sites for hydroxylation is 2. The molecule has 0 atom stereocenters. The van der Waals surface area contributed by atoms with E-state index >= 15 is 0 Å². The van der Waals surface area contributed by atoms with E-state index in [1.165, 1.54) is 11.1 Å². The molecule has 184 valence electrons. The molecule has 0 amide bonds. The smallest absolute Gasteiger partial charge is 0.107 e. The predicted molar refractivity (Wildman–Crippen MR) is 160 cm³/mol. The molecular weight excluding hydrogens is 535 g/mol. The summed E-state index contributed by atoms with van der Waals surface area (Å²) in [5.41, 5.74) is 6.39. The van der Waals surface area contributed by atoms with Gasteiger partial charge in [0.1, 0.15) is 5.69 Å². The summed E-state index contributed by atoms with van der Waals surface area (Å²) in [6, 6.07) is 32.8. The molecule has 0 aliphatic rings. The van der Waals surface area contributed by atoms with Crippen LogP contribution < -0.4 is 0 Å². The summed E-state index contributed by atoms with van der Waals surface area (Å²) in [7, 11) is 0. The number of thioether (sulfide) groups is 1. The predicted octanol–water partition coefficient (Wildman–Crippen LogP) is 10.3. The molecule has 2 nitrogen and oxygen atoms in total. The van der Waals surface area contributed by atoms with Gasteiger partial charge in [-0.1, -0.05) is 106 Å². The van der Waals surface area contributed by atoms with E-state index in [0.29, 0.717) is 10.0 Å². The van der Waals surface area contributed by atoms with Gasteiger partial charge < -0.3 is 0 Å². The highest BCUT2D eigenvalue weighted by Gasteiger charge is 2.16. The molecule has 5 rings (SSSR count). The van der Waals surface area contributed by atoms with Gasteiger partial charge in [-0.15, -0.1) is 0 Å². The first-order chi connectivity index (χ1) is 17.9. The zero-order valence-electron chi connectivity index (χ0n) is 20.4. The molecule has 0 N–H and O–H groups in total. The Kier molecular flexibility index (Phi) is 8.11. The van der Waals surface area contributed by atoms with Crippen molar-refractivity contribution in [1.29, 1.82) is 0 Å². The van der Waals surface area contributed by atoms with E-state index < -0.39 is 0 Å². The third-order valence-electron chi connectivity index (χ3n) is 5.76. The van der Waals surface area contributed by atoms with Gasteiger partial charge in [-0.2, -0.15) is 5.10 Å². The van der Waals surface area contributed by atoms with Gasteiger partial charge in [0.2, 0.25) is 0 Å². The second kappa shape index (κ2) is 11.7. The Bertz CT molecular complexity index is 1520. The largest absolute Gasteiger partial charge is 0.238 e. The lowest BCUT2D eigenvalue weighted by Gasteiger charge is -2.09. The van der Waals surface area contributed by atoms with Crippen LogP contribution in [0.3, 0.4) is 0 Å². The lowest BCUT2D eigenvalue weighted by atomic mass is 10.2. The highest BCUT2D eigenvalue weighted by atomic mass is 35.5. The quantitative estimate of drug-likeness (QED) is 0.185. The topological polar surface area (TPSA) is 17.8 Å². The van der Waals surface area contributed by atoms with Crippen molar-refractivity contribution in [3.05, 3.63) is 135 Å². The van der Waals surface area contributed by atoms with Gasteiger partial charge in [0.15, 0.2) is 0 Å². The summed E-state index contributed by atoms with van der Waals surface area (Å²) in [6.45, 7) is 4.19. The average molecular weight is 560 g/mol. The van der Waals surface area contributed by atoms with Gasteiger partial charge in [0.05, 0.1) is 10.6 Å². The summed E-state index contributed by atoms with van der Waals surface area (Å²) in [6.07, 6.45) is 2.10. The maximum atomic E-state index is 6.21. The van der Waals surface area contributed by atoms with Crippen LogP contribution in [0.5, 0.6) is 0 Å². The first-order valence-electron chi connectivity index (χ1n) is 11.7. The Morgan fingerprint density at radius 1 is 0.703 bits per heavy atom. The second-order valence-corrected chi connectivity index (χ2v) is 11.6. The molecule has 1 aromatic heterocycles. The van der Waals surface area contributed by atoms with Crippen molar-refractivity contribution in [2.24, 2.45) is 0 Å². The fourth-order valence-electron chi connectivity index (χ4n) is 3.71. The Morgan fingerprint density at radius 2 is 1.24 bits per heavy atom. The number of halogens is 2. The molecule has 0 spiro atoms. The van der Waals surface area contributed by atoms with Crippen molar-refractivity contribution in [2.45, 2.75) is 28.5 Å². The number of nitrogens with zero attached hydrogens (tertiary/aromatic N) is 2. The van der Waals surface area contributed by atoms with Crippen LogP contribution in [0.25, 0.3) is 17.0 Å². The Labute approximate surface area is 236 Å². The van der Waals surface area contributed by atoms with Gasteiger partial charge in [0.25, 0.3) is 0 Å². The van der Waals surface area contributed by atoms with E-state index in [-0.39, 0.29) is 0 Å². The van der Waals surface area contributed by atoms with E-state index in [1.54, 1.807) is 23.5 Å². The molecule has 4 aromatic carbocycles. The van der Waals surface area contributed by atoms with Crippen LogP contribution in [0.2, 0.25) is 10.0 Å². The molecule has 37 heavy (non-hydrogen) atoms. The minimum Gasteiger partial charge on any atom is -0.238 e. The number of hydrogen-bond acceptors (Lipinski definition) is 3. The van der Waals surface area contributed by atoms with Gasteiger partial charge in [-0.3, -0.25) is 0 Å². The number of rotatable bonds is 7. The zero-order valence-corrected chi connectivity index (χ0v) is 23.5. The van der Waals surface area contributed by atoms with E-state index in [1.807, 2.05) is 53.2 Å². The minimum atomic E-state index is 0.701. The van der Waals surface area contributed by atoms with E-state index in [9.17, 15) is 0 Å². The standard InChI is InChI=1S/C31H24Cl2N2S2/c1-21-3-15-27(16-4-21)36-20-29(23-7-11-25(32)12-8-23)35-19-30(37-28-17-5-22(2)6-18-28)31(34-35)24-9-13-26(33)14-10-24/h3-20H,1-2H3/b29-20+. The number of aromatic nitrogens is 2. The van der Waals surface area contributed by atoms with Gasteiger partial charge >= 0.3 is 0 Å². The van der Waals surface area contributed by atoms with Crippen LogP contribution >= 0.6 is 46.7 Å². The molecule has 0 aliphatic carbocycles. The molecular formula is C31H24Cl2N2S2. The SMILES string of the molecule is Cc1ccc(S/C=C(\c2ccc(Cl)cc2)n2cc(Sc3ccc(C)cc3)c(-c3ccc(Cl)cc3)n2)cc1. The normalized spacial score (nSPS) is 11.6. The first-order valence-corrected chi connectivity index (χ1v) is 14.2. The van der Waals surface area contributed by atoms with Crippen LogP contribution in [0.1, 0.15) is 16.7 Å². The highest BCUT2D eigenvalue weighted by molar-refractivity contribution is 8.02. The third kappa shape index (κ3) is 6.52. The summed E-state index contributed by atoms with van der Waals surface area (Å²) in [4.78, 5) is 3.38. The van der Waals surface area contributed by atoms with E-state index in [4.69, 9.17) is 28.3 Å². The summed E-state index contributed by atoms with van der Waals surface area (Å²) >= 11 is 15.8. The van der Waals surface area contributed by atoms with Crippen molar-refractivity contribution >= 4 is 52.4 Å². The molecule has 0 radical (unpaired) electrons. The van der Waals surface area contributed by atoms with E-state index in [2.05, 4.69) is 74.0 Å². The third-order valence-corrected chi connectivity index (χ3v) is 8.18. The molecule has 0 fully saturated rings. The molecule has 0 bridgehead atoms. The molecule has 1 heterocycles. The van der Waals surface area contributed by atoms with Crippen molar-refractivity contribution in [2.75, 3.05) is 0 Å². The van der Waals surface area contributed by atoms with Gasteiger partial charge in [-0.25, -0.2) is 4.68 Å². The van der Waals surface area contributed by atoms with Crippen molar-refractivity contribution in [3.63, 3.8) is 0 Å². The fourth-order valence-corrected chi connectivity index (χ4v) is 5.68. The lowest BCUT2D eigenvalue weighted by molar-refractivity contribution is 0.908. The number of hydrogen-bond donors (Lipinski definition) is 0. The fraction of sp³-hybridized carbons (Fsp3) is 0.0645. The van der Waals surface area contributed by atoms with Crippen molar-refractivity contribution < 1.29 is 0 Å². The summed E-state index contributed by atoms with van der Waals surface area (Å²) < 4.78 is 1.96. The summed E-state index contributed by atoms with van der Waals surface area (Å²) in [5.74, 6) is 0. The van der Waals surface area contributed by atoms with Crippen LogP contribution in [-0.2, 0) is 0 Å². The van der Waals surface area contributed by atoms with Crippen LogP contribution in [0.4, 0.5) is 0 Å². The molecule has 0 aliphatic heterocycles.